The molecule has 90 valence electrons. The van der Waals surface area contributed by atoms with Crippen molar-refractivity contribution >= 4 is 22.6 Å². The molecule has 0 aliphatic rings. The highest BCUT2D eigenvalue weighted by Gasteiger charge is 2.10. The van der Waals surface area contributed by atoms with Crippen LogP contribution in [0.15, 0.2) is 42.6 Å². The minimum absolute atomic E-state index is 0.141. The van der Waals surface area contributed by atoms with Crippen LogP contribution in [0, 0.1) is 0 Å². The van der Waals surface area contributed by atoms with Crippen molar-refractivity contribution in [1.82, 2.24) is 13.7 Å². The zero-order valence-electron chi connectivity index (χ0n) is 9.65. The molecule has 2 aromatic heterocycles. The molecule has 0 spiro atoms. The van der Waals surface area contributed by atoms with Crippen molar-refractivity contribution in [1.29, 1.82) is 0 Å². The quantitative estimate of drug-likeness (QED) is 0.781. The van der Waals surface area contributed by atoms with E-state index in [-0.39, 0.29) is 6.04 Å². The predicted molar refractivity (Wildman–Crippen MR) is 72.3 cm³/mol. The lowest BCUT2D eigenvalue weighted by molar-refractivity contribution is 0.692. The van der Waals surface area contributed by atoms with Gasteiger partial charge in [-0.3, -0.25) is 4.98 Å². The molecule has 0 aliphatic heterocycles. The van der Waals surface area contributed by atoms with Gasteiger partial charge in [0.15, 0.2) is 0 Å². The van der Waals surface area contributed by atoms with Crippen molar-refractivity contribution < 1.29 is 0 Å². The van der Waals surface area contributed by atoms with Crippen molar-refractivity contribution in [2.75, 3.05) is 0 Å². The molecule has 0 saturated heterocycles. The number of aromatic nitrogens is 3. The Morgan fingerprint density at radius 3 is 2.89 bits per heavy atom. The molecule has 5 heteroatoms. The number of rotatable bonds is 3. The number of hydrogen-bond acceptors (Lipinski definition) is 5. The minimum Gasteiger partial charge on any atom is -0.322 e. The SMILES string of the molecule is NC(Cc1ccc2ccccc2n1)c1cnsn1. The maximum Gasteiger partial charge on any atom is 0.0914 e. The van der Waals surface area contributed by atoms with Crippen LogP contribution in [0.25, 0.3) is 10.9 Å². The van der Waals surface area contributed by atoms with Crippen molar-refractivity contribution in [3.05, 3.63) is 54.0 Å². The molecular weight excluding hydrogens is 244 g/mol. The normalized spacial score (nSPS) is 12.7. The average molecular weight is 256 g/mol. The monoisotopic (exact) mass is 256 g/mol. The van der Waals surface area contributed by atoms with E-state index in [1.165, 1.54) is 11.7 Å². The second-order valence-electron chi connectivity index (χ2n) is 4.14. The molecule has 18 heavy (non-hydrogen) atoms. The van der Waals surface area contributed by atoms with Gasteiger partial charge in [0, 0.05) is 17.5 Å². The van der Waals surface area contributed by atoms with Crippen LogP contribution in [0.4, 0.5) is 0 Å². The van der Waals surface area contributed by atoms with Crippen LogP contribution in [0.3, 0.4) is 0 Å². The van der Waals surface area contributed by atoms with Gasteiger partial charge in [0.2, 0.25) is 0 Å². The molecule has 3 rings (SSSR count). The highest BCUT2D eigenvalue weighted by atomic mass is 32.1. The molecular formula is C13H12N4S. The van der Waals surface area contributed by atoms with Gasteiger partial charge in [0.05, 0.1) is 35.2 Å². The smallest absolute Gasteiger partial charge is 0.0914 e. The molecule has 1 aromatic carbocycles. The van der Waals surface area contributed by atoms with Crippen LogP contribution in [-0.2, 0) is 6.42 Å². The molecule has 2 N–H and O–H groups in total. The van der Waals surface area contributed by atoms with E-state index in [2.05, 4.69) is 25.9 Å². The second-order valence-corrected chi connectivity index (χ2v) is 4.69. The molecule has 0 fully saturated rings. The molecule has 2 heterocycles. The molecule has 4 nitrogen and oxygen atoms in total. The lowest BCUT2D eigenvalue weighted by Crippen LogP contribution is -2.14. The van der Waals surface area contributed by atoms with E-state index in [1.54, 1.807) is 6.20 Å². The Hall–Kier alpha value is -1.85. The van der Waals surface area contributed by atoms with Crippen LogP contribution < -0.4 is 5.73 Å². The zero-order chi connectivity index (χ0) is 12.4. The first-order chi connectivity index (χ1) is 8.83. The lowest BCUT2D eigenvalue weighted by Gasteiger charge is -2.08. The third-order valence-corrected chi connectivity index (χ3v) is 3.34. The standard InChI is InChI=1S/C13H12N4S/c14-11(13-8-15-18-17-13)7-10-6-5-9-3-1-2-4-12(9)16-10/h1-6,8,11H,7,14H2. The Balaban J connectivity index is 1.86. The summed E-state index contributed by atoms with van der Waals surface area (Å²) in [5.41, 5.74) is 8.89. The molecule has 0 amide bonds. The molecule has 0 saturated carbocycles. The Morgan fingerprint density at radius 2 is 2.06 bits per heavy atom. The Labute approximate surface area is 109 Å². The van der Waals surface area contributed by atoms with Crippen molar-refractivity contribution in [3.63, 3.8) is 0 Å². The Morgan fingerprint density at radius 1 is 1.17 bits per heavy atom. The second kappa shape index (κ2) is 4.80. The van der Waals surface area contributed by atoms with Crippen LogP contribution in [-0.4, -0.2) is 13.7 Å². The summed E-state index contributed by atoms with van der Waals surface area (Å²) in [6, 6.07) is 12.0. The van der Waals surface area contributed by atoms with Crippen molar-refractivity contribution in [3.8, 4) is 0 Å². The van der Waals surface area contributed by atoms with E-state index < -0.39 is 0 Å². The van der Waals surface area contributed by atoms with Gasteiger partial charge in [-0.1, -0.05) is 24.3 Å². The van der Waals surface area contributed by atoms with Crippen LogP contribution in [0.1, 0.15) is 17.4 Å². The van der Waals surface area contributed by atoms with E-state index >= 15 is 0 Å². The van der Waals surface area contributed by atoms with Gasteiger partial charge in [-0.2, -0.15) is 8.75 Å². The Bertz CT molecular complexity index is 651. The summed E-state index contributed by atoms with van der Waals surface area (Å²) < 4.78 is 8.12. The van der Waals surface area contributed by atoms with E-state index in [0.717, 1.165) is 22.3 Å². The number of pyridine rings is 1. The van der Waals surface area contributed by atoms with Gasteiger partial charge >= 0.3 is 0 Å². The summed E-state index contributed by atoms with van der Waals surface area (Å²) in [6.45, 7) is 0. The number of nitrogens with two attached hydrogens (primary N) is 1. The van der Waals surface area contributed by atoms with Gasteiger partial charge in [0.1, 0.15) is 0 Å². The first-order valence-electron chi connectivity index (χ1n) is 5.70. The molecule has 0 radical (unpaired) electrons. The first-order valence-corrected chi connectivity index (χ1v) is 6.43. The van der Waals surface area contributed by atoms with E-state index in [0.29, 0.717) is 6.42 Å². The van der Waals surface area contributed by atoms with Crippen molar-refractivity contribution in [2.24, 2.45) is 5.73 Å². The Kier molecular flexibility index (Phi) is 3.00. The summed E-state index contributed by atoms with van der Waals surface area (Å²) >= 11 is 1.18. The number of fused-ring (bicyclic) bond motifs is 1. The van der Waals surface area contributed by atoms with Gasteiger partial charge in [-0.25, -0.2) is 0 Å². The maximum atomic E-state index is 6.08. The fourth-order valence-electron chi connectivity index (χ4n) is 1.89. The summed E-state index contributed by atoms with van der Waals surface area (Å²) in [5, 5.41) is 1.14. The van der Waals surface area contributed by atoms with Gasteiger partial charge in [0.25, 0.3) is 0 Å². The third-order valence-electron chi connectivity index (χ3n) is 2.84. The highest BCUT2D eigenvalue weighted by molar-refractivity contribution is 6.99. The minimum atomic E-state index is -0.141. The molecule has 1 unspecified atom stereocenters. The summed E-state index contributed by atoms with van der Waals surface area (Å²) in [6.07, 6.45) is 2.40. The van der Waals surface area contributed by atoms with Crippen molar-refractivity contribution in [2.45, 2.75) is 12.5 Å². The summed E-state index contributed by atoms with van der Waals surface area (Å²) in [7, 11) is 0. The summed E-state index contributed by atoms with van der Waals surface area (Å²) in [4.78, 5) is 4.60. The first kappa shape index (κ1) is 11.3. The molecule has 0 bridgehead atoms. The highest BCUT2D eigenvalue weighted by Crippen LogP contribution is 2.16. The maximum absolute atomic E-state index is 6.08. The fourth-order valence-corrected chi connectivity index (χ4v) is 2.37. The number of nitrogens with zero attached hydrogens (tertiary/aromatic N) is 3. The van der Waals surface area contributed by atoms with E-state index in [9.17, 15) is 0 Å². The largest absolute Gasteiger partial charge is 0.322 e. The van der Waals surface area contributed by atoms with Gasteiger partial charge < -0.3 is 5.73 Å². The topological polar surface area (TPSA) is 64.7 Å². The number of para-hydroxylation sites is 1. The van der Waals surface area contributed by atoms with Crippen LogP contribution in [0.2, 0.25) is 0 Å². The fraction of sp³-hybridized carbons (Fsp3) is 0.154. The number of hydrogen-bond donors (Lipinski definition) is 1. The number of benzene rings is 1. The third kappa shape index (κ3) is 2.23. The zero-order valence-corrected chi connectivity index (χ0v) is 10.5. The van der Waals surface area contributed by atoms with E-state index in [1.807, 2.05) is 24.3 Å². The van der Waals surface area contributed by atoms with Crippen LogP contribution >= 0.6 is 11.7 Å². The lowest BCUT2D eigenvalue weighted by atomic mass is 10.1. The van der Waals surface area contributed by atoms with Gasteiger partial charge in [-0.15, -0.1) is 0 Å². The predicted octanol–water partition coefficient (Wildman–Crippen LogP) is 2.33. The van der Waals surface area contributed by atoms with Gasteiger partial charge in [-0.05, 0) is 12.1 Å². The molecule has 1 atom stereocenters. The molecule has 0 aliphatic carbocycles. The van der Waals surface area contributed by atoms with Crippen LogP contribution in [0.5, 0.6) is 0 Å². The molecule has 3 aromatic rings. The summed E-state index contributed by atoms with van der Waals surface area (Å²) in [5.74, 6) is 0. The van der Waals surface area contributed by atoms with E-state index in [4.69, 9.17) is 5.73 Å². The average Bonchev–Trinajstić information content (AvgIpc) is 2.92.